The fraction of sp³-hybridized carbons (Fsp3) is 0.333. The van der Waals surface area contributed by atoms with Crippen molar-refractivity contribution in [3.8, 4) is 11.3 Å². The lowest BCUT2D eigenvalue weighted by Crippen LogP contribution is -2.33. The van der Waals surface area contributed by atoms with Crippen LogP contribution in [0.1, 0.15) is 20.3 Å². The average Bonchev–Trinajstić information content (AvgIpc) is 3.34. The number of likely N-dealkylation sites (tertiary alicyclic amines) is 1. The number of alkyl halides is 1. The number of halogens is 2. The molecule has 3 amide bonds. The molecule has 0 spiro atoms. The molecule has 4 rings (SSSR count). The van der Waals surface area contributed by atoms with Crippen molar-refractivity contribution in [1.82, 2.24) is 19.3 Å². The van der Waals surface area contributed by atoms with Crippen LogP contribution < -0.4 is 10.6 Å². The molecule has 1 atom stereocenters. The van der Waals surface area contributed by atoms with E-state index in [4.69, 9.17) is 16.3 Å². The quantitative estimate of drug-likeness (QED) is 0.593. The van der Waals surface area contributed by atoms with Gasteiger partial charge in [0.1, 0.15) is 6.17 Å². The summed E-state index contributed by atoms with van der Waals surface area (Å²) in [4.78, 5) is 34.3. The number of nitrogens with zero attached hydrogens (tertiary/aromatic N) is 4. The fourth-order valence-corrected chi connectivity index (χ4v) is 3.56. The van der Waals surface area contributed by atoms with E-state index in [1.54, 1.807) is 48.8 Å². The largest absolute Gasteiger partial charge is 0.447 e. The van der Waals surface area contributed by atoms with Gasteiger partial charge < -0.3 is 15.0 Å². The number of urea groups is 1. The number of benzene rings is 1. The molecule has 1 aliphatic rings. The molecule has 0 bridgehead atoms. The molecule has 32 heavy (non-hydrogen) atoms. The van der Waals surface area contributed by atoms with Crippen LogP contribution >= 0.6 is 11.6 Å². The summed E-state index contributed by atoms with van der Waals surface area (Å²) in [5, 5.41) is 5.82. The number of hydrogen-bond acceptors (Lipinski definition) is 5. The van der Waals surface area contributed by atoms with Gasteiger partial charge in [-0.15, -0.1) is 0 Å². The maximum atomic E-state index is 13.4. The third-order valence-corrected chi connectivity index (χ3v) is 5.14. The van der Waals surface area contributed by atoms with E-state index in [-0.39, 0.29) is 18.7 Å². The molecule has 0 radical (unpaired) electrons. The molecule has 1 aliphatic heterocycles. The van der Waals surface area contributed by atoms with Gasteiger partial charge in [0.15, 0.2) is 0 Å². The first kappa shape index (κ1) is 21.8. The van der Waals surface area contributed by atoms with Crippen LogP contribution in [0, 0.1) is 0 Å². The number of carbonyl (C=O) groups excluding carboxylic acids is 2. The summed E-state index contributed by atoms with van der Waals surface area (Å²) >= 11 is 6.37. The van der Waals surface area contributed by atoms with Gasteiger partial charge in [0.05, 0.1) is 35.2 Å². The Morgan fingerprint density at radius 1 is 1.25 bits per heavy atom. The molecule has 1 saturated heterocycles. The van der Waals surface area contributed by atoms with Gasteiger partial charge in [0, 0.05) is 30.2 Å². The molecular weight excluding hydrogens is 439 g/mol. The van der Waals surface area contributed by atoms with Gasteiger partial charge >= 0.3 is 12.1 Å². The van der Waals surface area contributed by atoms with Gasteiger partial charge in [0.25, 0.3) is 0 Å². The number of anilines is 2. The molecule has 1 fully saturated rings. The monoisotopic (exact) mass is 460 g/mol. The second-order valence-corrected chi connectivity index (χ2v) is 8.12. The molecule has 168 valence electrons. The highest BCUT2D eigenvalue weighted by atomic mass is 35.5. The molecule has 0 aliphatic carbocycles. The maximum absolute atomic E-state index is 13.4. The molecule has 0 saturated carbocycles. The minimum Gasteiger partial charge on any atom is -0.447 e. The van der Waals surface area contributed by atoms with Crippen LogP contribution in [0.4, 0.5) is 25.4 Å². The predicted molar refractivity (Wildman–Crippen MR) is 119 cm³/mol. The predicted octanol–water partition coefficient (Wildman–Crippen LogP) is 4.58. The lowest BCUT2D eigenvalue weighted by molar-refractivity contribution is 0.130. The molecular formula is C21H22ClFN6O3. The third-order valence-electron chi connectivity index (χ3n) is 4.81. The molecule has 3 heterocycles. The average molecular weight is 461 g/mol. The van der Waals surface area contributed by atoms with E-state index in [0.29, 0.717) is 46.4 Å². The van der Waals surface area contributed by atoms with Crippen LogP contribution in [0.15, 0.2) is 36.8 Å². The van der Waals surface area contributed by atoms with Gasteiger partial charge in [-0.25, -0.2) is 23.9 Å². The van der Waals surface area contributed by atoms with E-state index in [1.165, 1.54) is 11.1 Å². The molecule has 2 aromatic heterocycles. The summed E-state index contributed by atoms with van der Waals surface area (Å²) < 4.78 is 20.1. The second kappa shape index (κ2) is 8.99. The minimum atomic E-state index is -0.987. The van der Waals surface area contributed by atoms with Crippen molar-refractivity contribution in [1.29, 1.82) is 0 Å². The molecule has 1 aromatic carbocycles. The molecule has 9 nitrogen and oxygen atoms in total. The Morgan fingerprint density at radius 3 is 2.78 bits per heavy atom. The van der Waals surface area contributed by atoms with Crippen LogP contribution in [0.3, 0.4) is 0 Å². The van der Waals surface area contributed by atoms with Gasteiger partial charge in [-0.3, -0.25) is 9.72 Å². The van der Waals surface area contributed by atoms with Crippen LogP contribution in [-0.4, -0.2) is 56.8 Å². The summed E-state index contributed by atoms with van der Waals surface area (Å²) in [7, 11) is 0. The first-order valence-corrected chi connectivity index (χ1v) is 10.5. The number of hydrogen-bond donors (Lipinski definition) is 2. The van der Waals surface area contributed by atoms with Crippen molar-refractivity contribution >= 4 is 40.9 Å². The number of ether oxygens (including phenoxy) is 1. The lowest BCUT2D eigenvalue weighted by Gasteiger charge is -2.16. The zero-order valence-electron chi connectivity index (χ0n) is 17.5. The highest BCUT2D eigenvalue weighted by molar-refractivity contribution is 6.33. The van der Waals surface area contributed by atoms with Crippen LogP contribution in [0.5, 0.6) is 0 Å². The van der Waals surface area contributed by atoms with Crippen LogP contribution in [-0.2, 0) is 4.74 Å². The van der Waals surface area contributed by atoms with Crippen molar-refractivity contribution < 1.29 is 18.7 Å². The number of rotatable bonds is 4. The Morgan fingerprint density at radius 2 is 2.06 bits per heavy atom. The Kier molecular flexibility index (Phi) is 6.13. The fourth-order valence-electron chi connectivity index (χ4n) is 3.34. The van der Waals surface area contributed by atoms with Crippen molar-refractivity contribution in [2.75, 3.05) is 23.7 Å². The van der Waals surface area contributed by atoms with Gasteiger partial charge in [-0.1, -0.05) is 11.6 Å². The first-order valence-electron chi connectivity index (χ1n) is 10.1. The Labute approximate surface area is 188 Å². The normalized spacial score (nSPS) is 15.9. The molecule has 2 N–H and O–H groups in total. The van der Waals surface area contributed by atoms with E-state index >= 15 is 0 Å². The molecule has 0 unspecified atom stereocenters. The SMILES string of the molecule is CC(C)OC(=O)Nc1cnc2nc(-c3cc(NC(=O)N4CC[C@@H](F)C4)ccc3Cl)cn2c1. The second-order valence-electron chi connectivity index (χ2n) is 7.71. The van der Waals surface area contributed by atoms with Crippen molar-refractivity contribution in [3.63, 3.8) is 0 Å². The standard InChI is InChI=1S/C21H22ClFN6O3/c1-12(2)32-21(31)26-15-8-24-19-27-18(11-29(19)10-15)16-7-14(3-4-17(16)22)25-20(30)28-6-5-13(23)9-28/h3-4,7-8,10-13H,5-6,9H2,1-2H3,(H,25,30)(H,26,31)/t13-/m1/s1. The summed E-state index contributed by atoms with van der Waals surface area (Å²) in [6.45, 7) is 3.98. The summed E-state index contributed by atoms with van der Waals surface area (Å²) in [6, 6.07) is 4.66. The van der Waals surface area contributed by atoms with Crippen LogP contribution in [0.25, 0.3) is 17.0 Å². The smallest absolute Gasteiger partial charge is 0.411 e. The third kappa shape index (κ3) is 4.91. The topological polar surface area (TPSA) is 101 Å². The highest BCUT2D eigenvalue weighted by Crippen LogP contribution is 2.30. The van der Waals surface area contributed by atoms with Crippen LogP contribution in [0.2, 0.25) is 5.02 Å². The Balaban J connectivity index is 1.54. The van der Waals surface area contributed by atoms with E-state index in [2.05, 4.69) is 20.6 Å². The summed E-state index contributed by atoms with van der Waals surface area (Å²) in [5.41, 5.74) is 2.08. The van der Waals surface area contributed by atoms with Crippen molar-refractivity contribution in [2.45, 2.75) is 32.5 Å². The Hall–Kier alpha value is -3.40. The summed E-state index contributed by atoms with van der Waals surface area (Å²) in [5.74, 6) is 0.402. The Bertz CT molecular complexity index is 1170. The maximum Gasteiger partial charge on any atom is 0.411 e. The van der Waals surface area contributed by atoms with Gasteiger partial charge in [-0.05, 0) is 38.5 Å². The zero-order valence-corrected chi connectivity index (χ0v) is 18.3. The number of imidazole rings is 1. The van der Waals surface area contributed by atoms with E-state index < -0.39 is 12.3 Å². The number of fused-ring (bicyclic) bond motifs is 1. The zero-order chi connectivity index (χ0) is 22.8. The number of carbonyl (C=O) groups is 2. The van der Waals surface area contributed by atoms with Gasteiger partial charge in [-0.2, -0.15) is 0 Å². The first-order chi connectivity index (χ1) is 15.3. The van der Waals surface area contributed by atoms with Gasteiger partial charge in [0.2, 0.25) is 5.78 Å². The van der Waals surface area contributed by atoms with Crippen molar-refractivity contribution in [3.05, 3.63) is 41.8 Å². The van der Waals surface area contributed by atoms with Crippen molar-refractivity contribution in [2.24, 2.45) is 0 Å². The number of amides is 3. The number of aromatic nitrogens is 3. The lowest BCUT2D eigenvalue weighted by atomic mass is 10.1. The van der Waals surface area contributed by atoms with E-state index in [0.717, 1.165) is 0 Å². The van der Waals surface area contributed by atoms with E-state index in [1.807, 2.05) is 0 Å². The summed E-state index contributed by atoms with van der Waals surface area (Å²) in [6.07, 6.45) is 3.37. The minimum absolute atomic E-state index is 0.0888. The highest BCUT2D eigenvalue weighted by Gasteiger charge is 2.26. The molecule has 11 heteroatoms. The number of nitrogens with one attached hydrogen (secondary N) is 2. The van der Waals surface area contributed by atoms with E-state index in [9.17, 15) is 14.0 Å². The molecule has 3 aromatic rings.